The first-order valence-electron chi connectivity index (χ1n) is 10.4. The van der Waals surface area contributed by atoms with Gasteiger partial charge < -0.3 is 16.0 Å². The van der Waals surface area contributed by atoms with Gasteiger partial charge in [-0.25, -0.2) is 4.99 Å². The van der Waals surface area contributed by atoms with Crippen molar-refractivity contribution in [3.8, 4) is 0 Å². The Morgan fingerprint density at radius 1 is 1.03 bits per heavy atom. The molecule has 0 amide bonds. The minimum atomic E-state index is -0.349. The van der Waals surface area contributed by atoms with Crippen LogP contribution in [-0.4, -0.2) is 36.2 Å². The Hall–Kier alpha value is -2.73. The van der Waals surface area contributed by atoms with Crippen LogP contribution in [0, 0.1) is 13.8 Å². The smallest absolute Gasteiger partial charge is 0.222 e. The molecule has 6 nitrogen and oxygen atoms in total. The SMILES string of the molecule is CCc1ccc(N2C(N3CCCC3)=NC(N)=NC2Nc2ccc(C)c(C)c2)cc1.Cl. The Morgan fingerprint density at radius 3 is 2.37 bits per heavy atom. The van der Waals surface area contributed by atoms with Crippen LogP contribution in [0.1, 0.15) is 36.5 Å². The minimum absolute atomic E-state index is 0. The first-order chi connectivity index (χ1) is 14.0. The molecule has 4 rings (SSSR count). The molecular weight excluding hydrogens is 396 g/mol. The summed E-state index contributed by atoms with van der Waals surface area (Å²) < 4.78 is 0. The van der Waals surface area contributed by atoms with Gasteiger partial charge in [0.1, 0.15) is 0 Å². The van der Waals surface area contributed by atoms with Gasteiger partial charge in [-0.05, 0) is 74.1 Å². The quantitative estimate of drug-likeness (QED) is 0.765. The zero-order valence-corrected chi connectivity index (χ0v) is 18.7. The van der Waals surface area contributed by atoms with Crippen molar-refractivity contribution in [3.63, 3.8) is 0 Å². The number of likely N-dealkylation sites (tertiary alicyclic amines) is 1. The van der Waals surface area contributed by atoms with E-state index in [1.807, 2.05) is 0 Å². The van der Waals surface area contributed by atoms with Crippen LogP contribution in [0.4, 0.5) is 11.4 Å². The number of guanidine groups is 2. The molecule has 2 aromatic rings. The molecule has 2 aromatic carbocycles. The number of aryl methyl sites for hydroxylation is 3. The molecule has 3 N–H and O–H groups in total. The maximum Gasteiger partial charge on any atom is 0.222 e. The number of halogens is 1. The van der Waals surface area contributed by atoms with E-state index in [4.69, 9.17) is 5.73 Å². The molecule has 1 unspecified atom stereocenters. The number of aliphatic imine (C=N–C) groups is 2. The maximum absolute atomic E-state index is 6.15. The van der Waals surface area contributed by atoms with Crippen LogP contribution in [-0.2, 0) is 6.42 Å². The first kappa shape index (κ1) is 22.0. The van der Waals surface area contributed by atoms with Crippen molar-refractivity contribution in [1.29, 1.82) is 0 Å². The predicted molar refractivity (Wildman–Crippen MR) is 129 cm³/mol. The van der Waals surface area contributed by atoms with Crippen molar-refractivity contribution < 1.29 is 0 Å². The fourth-order valence-electron chi connectivity index (χ4n) is 3.84. The zero-order chi connectivity index (χ0) is 20.4. The van der Waals surface area contributed by atoms with E-state index >= 15 is 0 Å². The number of hydrogen-bond donors (Lipinski definition) is 2. The highest BCUT2D eigenvalue weighted by molar-refractivity contribution is 6.06. The Balaban J connectivity index is 0.00000256. The van der Waals surface area contributed by atoms with Gasteiger partial charge >= 0.3 is 0 Å². The third kappa shape index (κ3) is 4.54. The third-order valence-corrected chi connectivity index (χ3v) is 5.74. The molecule has 30 heavy (non-hydrogen) atoms. The van der Waals surface area contributed by atoms with Gasteiger partial charge in [-0.15, -0.1) is 12.4 Å². The van der Waals surface area contributed by atoms with E-state index in [9.17, 15) is 0 Å². The van der Waals surface area contributed by atoms with E-state index in [0.717, 1.165) is 36.8 Å². The molecular formula is C23H31ClN6. The molecule has 0 aromatic heterocycles. The highest BCUT2D eigenvalue weighted by Crippen LogP contribution is 2.26. The Morgan fingerprint density at radius 2 is 1.73 bits per heavy atom. The van der Waals surface area contributed by atoms with E-state index in [1.165, 1.54) is 29.5 Å². The lowest BCUT2D eigenvalue weighted by molar-refractivity contribution is 0.497. The van der Waals surface area contributed by atoms with Crippen LogP contribution in [0.2, 0.25) is 0 Å². The summed E-state index contributed by atoms with van der Waals surface area (Å²) >= 11 is 0. The Bertz CT molecular complexity index is 931. The molecule has 1 atom stereocenters. The number of hydrogen-bond acceptors (Lipinski definition) is 6. The number of rotatable bonds is 4. The summed E-state index contributed by atoms with van der Waals surface area (Å²) in [6, 6.07) is 15.0. The predicted octanol–water partition coefficient (Wildman–Crippen LogP) is 4.27. The molecule has 160 valence electrons. The first-order valence-corrected chi connectivity index (χ1v) is 10.4. The van der Waals surface area contributed by atoms with Gasteiger partial charge in [-0.2, -0.15) is 4.99 Å². The van der Waals surface area contributed by atoms with Crippen LogP contribution in [0.25, 0.3) is 0 Å². The van der Waals surface area contributed by atoms with Gasteiger partial charge in [0.05, 0.1) is 0 Å². The molecule has 7 heteroatoms. The molecule has 1 saturated heterocycles. The van der Waals surface area contributed by atoms with Gasteiger partial charge in [0.2, 0.25) is 18.2 Å². The summed E-state index contributed by atoms with van der Waals surface area (Å²) in [5.41, 5.74) is 12.1. The summed E-state index contributed by atoms with van der Waals surface area (Å²) in [6.07, 6.45) is 3.02. The molecule has 1 fully saturated rings. The topological polar surface area (TPSA) is 69.2 Å². The molecule has 2 aliphatic rings. The van der Waals surface area contributed by atoms with Crippen LogP contribution >= 0.6 is 12.4 Å². The molecule has 2 aliphatic heterocycles. The fourth-order valence-corrected chi connectivity index (χ4v) is 3.84. The number of nitrogens with one attached hydrogen (secondary N) is 1. The monoisotopic (exact) mass is 426 g/mol. The second-order valence-corrected chi connectivity index (χ2v) is 7.80. The molecule has 0 bridgehead atoms. The average molecular weight is 427 g/mol. The van der Waals surface area contributed by atoms with Gasteiger partial charge in [0.15, 0.2) is 0 Å². The number of anilines is 2. The third-order valence-electron chi connectivity index (χ3n) is 5.74. The standard InChI is InChI=1S/C23H30N6.ClH/c1-4-18-8-11-20(12-9-18)29-22(25-19-10-7-16(2)17(3)15-19)26-21(24)27-23(29)28-13-5-6-14-28;/h7-12,15,22,25H,4-6,13-14H2,1-3H3,(H2,24,26);1H. The maximum atomic E-state index is 6.15. The normalized spacial score (nSPS) is 18.6. The van der Waals surface area contributed by atoms with Gasteiger partial charge in [-0.1, -0.05) is 25.1 Å². The lowest BCUT2D eigenvalue weighted by atomic mass is 10.1. The largest absolute Gasteiger partial charge is 0.368 e. The van der Waals surface area contributed by atoms with E-state index in [2.05, 4.69) is 88.3 Å². The second kappa shape index (κ2) is 9.39. The average Bonchev–Trinajstić information content (AvgIpc) is 3.25. The molecule has 0 spiro atoms. The highest BCUT2D eigenvalue weighted by atomic mass is 35.5. The van der Waals surface area contributed by atoms with Crippen LogP contribution in [0.15, 0.2) is 52.4 Å². The Labute approximate surface area is 185 Å². The van der Waals surface area contributed by atoms with Crippen LogP contribution in [0.3, 0.4) is 0 Å². The summed E-state index contributed by atoms with van der Waals surface area (Å²) in [6.45, 7) is 8.40. The number of benzene rings is 2. The van der Waals surface area contributed by atoms with Gasteiger partial charge in [0.25, 0.3) is 0 Å². The summed E-state index contributed by atoms with van der Waals surface area (Å²) in [5.74, 6) is 1.19. The van der Waals surface area contributed by atoms with Gasteiger partial charge in [0, 0.05) is 24.5 Å². The van der Waals surface area contributed by atoms with Gasteiger partial charge in [-0.3, -0.25) is 4.90 Å². The molecule has 0 radical (unpaired) electrons. The number of nitrogens with two attached hydrogens (primary N) is 1. The summed E-state index contributed by atoms with van der Waals surface area (Å²) in [5, 5.41) is 3.56. The van der Waals surface area contributed by atoms with E-state index < -0.39 is 0 Å². The van der Waals surface area contributed by atoms with Crippen LogP contribution in [0.5, 0.6) is 0 Å². The Kier molecular flexibility index (Phi) is 6.87. The minimum Gasteiger partial charge on any atom is -0.368 e. The van der Waals surface area contributed by atoms with E-state index in [0.29, 0.717) is 5.96 Å². The van der Waals surface area contributed by atoms with Crippen molar-refractivity contribution in [3.05, 3.63) is 59.2 Å². The summed E-state index contributed by atoms with van der Waals surface area (Å²) in [7, 11) is 0. The lowest BCUT2D eigenvalue weighted by Gasteiger charge is -2.38. The van der Waals surface area contributed by atoms with Crippen molar-refractivity contribution in [1.82, 2.24) is 4.90 Å². The molecule has 0 aliphatic carbocycles. The fraction of sp³-hybridized carbons (Fsp3) is 0.391. The van der Waals surface area contributed by atoms with Crippen molar-refractivity contribution in [2.45, 2.75) is 46.3 Å². The van der Waals surface area contributed by atoms with E-state index in [1.54, 1.807) is 0 Å². The zero-order valence-electron chi connectivity index (χ0n) is 17.9. The van der Waals surface area contributed by atoms with Crippen LogP contribution < -0.4 is 16.0 Å². The molecule has 2 heterocycles. The highest BCUT2D eigenvalue weighted by Gasteiger charge is 2.32. The van der Waals surface area contributed by atoms with Crippen molar-refractivity contribution in [2.75, 3.05) is 23.3 Å². The molecule has 0 saturated carbocycles. The lowest BCUT2D eigenvalue weighted by Crippen LogP contribution is -2.54. The second-order valence-electron chi connectivity index (χ2n) is 7.80. The number of nitrogens with zero attached hydrogens (tertiary/aromatic N) is 4. The van der Waals surface area contributed by atoms with Crippen molar-refractivity contribution >= 4 is 35.7 Å². The van der Waals surface area contributed by atoms with E-state index in [-0.39, 0.29) is 18.7 Å². The van der Waals surface area contributed by atoms with Crippen molar-refractivity contribution in [2.24, 2.45) is 15.7 Å². The summed E-state index contributed by atoms with van der Waals surface area (Å²) in [4.78, 5) is 13.8.